The lowest BCUT2D eigenvalue weighted by Crippen LogP contribution is -2.25. The van der Waals surface area contributed by atoms with Gasteiger partial charge in [0.2, 0.25) is 0 Å². The number of carbonyl (C=O) groups is 1. The molecule has 0 aliphatic heterocycles. The van der Waals surface area contributed by atoms with Gasteiger partial charge in [-0.15, -0.1) is 0 Å². The Labute approximate surface area is 137 Å². The summed E-state index contributed by atoms with van der Waals surface area (Å²) < 4.78 is -0.884. The molecule has 4 heteroatoms. The molecule has 0 saturated carbocycles. The van der Waals surface area contributed by atoms with Gasteiger partial charge in [-0.05, 0) is 11.1 Å². The van der Waals surface area contributed by atoms with Crippen molar-refractivity contribution < 1.29 is 4.79 Å². The van der Waals surface area contributed by atoms with Crippen LogP contribution >= 0.6 is 47.8 Å². The van der Waals surface area contributed by atoms with Crippen molar-refractivity contribution >= 4 is 53.6 Å². The van der Waals surface area contributed by atoms with Crippen LogP contribution in [0.5, 0.6) is 0 Å². The molecule has 2 aromatic rings. The normalized spacial score (nSPS) is 13.0. The van der Waals surface area contributed by atoms with Crippen LogP contribution in [0.1, 0.15) is 16.0 Å². The van der Waals surface area contributed by atoms with Gasteiger partial charge >= 0.3 is 0 Å². The van der Waals surface area contributed by atoms with Crippen LogP contribution in [0, 0.1) is 0 Å². The monoisotopic (exact) mass is 444 g/mol. The van der Waals surface area contributed by atoms with Crippen molar-refractivity contribution in [3.63, 3.8) is 0 Å². The lowest BCUT2D eigenvalue weighted by molar-refractivity contribution is -0.118. The first-order chi connectivity index (χ1) is 9.03. The molecule has 0 spiro atoms. The number of halogens is 3. The zero-order valence-electron chi connectivity index (χ0n) is 9.89. The lowest BCUT2D eigenvalue weighted by atomic mass is 10.0. The van der Waals surface area contributed by atoms with E-state index < -0.39 is 3.23 Å². The van der Waals surface area contributed by atoms with Crippen LogP contribution < -0.4 is 0 Å². The predicted octanol–water partition coefficient (Wildman–Crippen LogP) is 5.33. The van der Waals surface area contributed by atoms with E-state index in [0.29, 0.717) is 0 Å². The summed E-state index contributed by atoms with van der Waals surface area (Å²) in [5.41, 5.74) is 1.81. The third-order valence-corrected chi connectivity index (χ3v) is 5.41. The van der Waals surface area contributed by atoms with E-state index in [1.54, 1.807) is 0 Å². The third kappa shape index (κ3) is 3.36. The van der Waals surface area contributed by atoms with Crippen molar-refractivity contribution in [2.45, 2.75) is 8.06 Å². The number of rotatable bonds is 4. The molecule has 1 atom stereocenters. The van der Waals surface area contributed by atoms with Gasteiger partial charge in [-0.3, -0.25) is 4.79 Å². The molecule has 0 amide bonds. The van der Waals surface area contributed by atoms with Gasteiger partial charge in [-0.1, -0.05) is 108 Å². The average Bonchev–Trinajstić information content (AvgIpc) is 2.47. The van der Waals surface area contributed by atoms with Crippen LogP contribution in [0.2, 0.25) is 0 Å². The smallest absolute Gasteiger partial charge is 0.182 e. The van der Waals surface area contributed by atoms with Crippen molar-refractivity contribution in [1.82, 2.24) is 0 Å². The molecule has 0 aliphatic rings. The minimum atomic E-state index is -0.884. The maximum absolute atomic E-state index is 12.6. The van der Waals surface area contributed by atoms with E-state index in [1.165, 1.54) is 0 Å². The second kappa shape index (κ2) is 6.33. The molecule has 0 N–H and O–H groups in total. The Morgan fingerprint density at radius 3 is 1.89 bits per heavy atom. The summed E-state index contributed by atoms with van der Waals surface area (Å²) in [5, 5.41) is 0. The van der Waals surface area contributed by atoms with E-state index in [4.69, 9.17) is 0 Å². The van der Waals surface area contributed by atoms with E-state index in [-0.39, 0.29) is 10.6 Å². The Hall–Kier alpha value is -0.450. The molecule has 2 aromatic carbocycles. The molecule has 0 aromatic heterocycles. The maximum atomic E-state index is 12.6. The Morgan fingerprint density at radius 2 is 1.37 bits per heavy atom. The first-order valence-electron chi connectivity index (χ1n) is 5.70. The lowest BCUT2D eigenvalue weighted by Gasteiger charge is -2.22. The number of ketones is 1. The molecule has 0 saturated heterocycles. The van der Waals surface area contributed by atoms with Crippen LogP contribution in [0.15, 0.2) is 60.7 Å². The number of carbonyl (C=O) groups excluding carboxylic acids is 1. The summed E-state index contributed by atoms with van der Waals surface area (Å²) in [7, 11) is 0. The second-order valence-corrected chi connectivity index (χ2v) is 8.44. The van der Waals surface area contributed by atoms with E-state index >= 15 is 0 Å². The van der Waals surface area contributed by atoms with E-state index in [0.717, 1.165) is 11.1 Å². The first-order valence-corrected chi connectivity index (χ1v) is 8.20. The summed E-state index contributed by atoms with van der Waals surface area (Å²) in [5.74, 6) is 0.00454. The topological polar surface area (TPSA) is 17.1 Å². The molecule has 1 nitrogen and oxygen atoms in total. The highest BCUT2D eigenvalue weighted by Crippen LogP contribution is 2.44. The number of hydrogen-bond acceptors (Lipinski definition) is 1. The zero-order chi connectivity index (χ0) is 13.9. The molecule has 0 radical (unpaired) electrons. The summed E-state index contributed by atoms with van der Waals surface area (Å²) in [4.78, 5) is 12.3. The molecule has 19 heavy (non-hydrogen) atoms. The third-order valence-electron chi connectivity index (χ3n) is 2.77. The molecule has 0 bridgehead atoms. The Morgan fingerprint density at radius 1 is 0.895 bits per heavy atom. The predicted molar refractivity (Wildman–Crippen MR) is 89.1 cm³/mol. The molecule has 2 rings (SSSR count). The summed E-state index contributed by atoms with van der Waals surface area (Å²) >= 11 is 10.5. The van der Waals surface area contributed by atoms with Gasteiger partial charge in [-0.25, -0.2) is 0 Å². The molecular formula is C15H11Br3O. The molecule has 0 aliphatic carbocycles. The maximum Gasteiger partial charge on any atom is 0.182 e. The largest absolute Gasteiger partial charge is 0.295 e. The minimum Gasteiger partial charge on any atom is -0.295 e. The highest BCUT2D eigenvalue weighted by atomic mass is 79.9. The minimum absolute atomic E-state index is 0.00454. The van der Waals surface area contributed by atoms with Crippen molar-refractivity contribution in [2.75, 3.05) is 0 Å². The van der Waals surface area contributed by atoms with E-state index in [9.17, 15) is 4.79 Å². The summed E-state index contributed by atoms with van der Waals surface area (Å²) in [6, 6.07) is 19.2. The van der Waals surface area contributed by atoms with Crippen LogP contribution in [-0.2, 0) is 8.03 Å². The van der Waals surface area contributed by atoms with Crippen molar-refractivity contribution in [1.29, 1.82) is 0 Å². The van der Waals surface area contributed by atoms with Gasteiger partial charge in [0, 0.05) is 0 Å². The van der Waals surface area contributed by atoms with Crippen molar-refractivity contribution in [2.24, 2.45) is 0 Å². The van der Waals surface area contributed by atoms with Gasteiger partial charge < -0.3 is 0 Å². The average molecular weight is 447 g/mol. The molecule has 1 unspecified atom stereocenters. The van der Waals surface area contributed by atoms with Crippen LogP contribution in [-0.4, -0.2) is 5.78 Å². The molecular weight excluding hydrogens is 436 g/mol. The fourth-order valence-electron chi connectivity index (χ4n) is 1.72. The highest BCUT2D eigenvalue weighted by Gasteiger charge is 2.38. The van der Waals surface area contributed by atoms with Crippen molar-refractivity contribution in [3.05, 3.63) is 71.8 Å². The number of hydrogen-bond donors (Lipinski definition) is 0. The molecule has 0 heterocycles. The first kappa shape index (κ1) is 14.9. The number of alkyl halides is 3. The Bertz CT molecular complexity index is 552. The number of benzene rings is 2. The Balaban J connectivity index is 2.29. The van der Waals surface area contributed by atoms with Gasteiger partial charge in [0.05, 0.1) is 0 Å². The van der Waals surface area contributed by atoms with Gasteiger partial charge in [0.1, 0.15) is 4.83 Å². The molecule has 0 fully saturated rings. The van der Waals surface area contributed by atoms with E-state index in [2.05, 4.69) is 47.8 Å². The fourth-order valence-corrected chi connectivity index (χ4v) is 3.97. The molecule has 98 valence electrons. The highest BCUT2D eigenvalue weighted by molar-refractivity contribution is 9.25. The standard InChI is InChI=1S/C15H11Br3O/c16-13(11-7-3-1-4-8-11)14(19)15(17,18)12-9-5-2-6-10-12/h1-10,13H. The SMILES string of the molecule is O=C(C(Br)c1ccccc1)C(Br)(Br)c1ccccc1. The summed E-state index contributed by atoms with van der Waals surface area (Å²) in [6.07, 6.45) is 0. The Kier molecular flexibility index (Phi) is 4.98. The van der Waals surface area contributed by atoms with E-state index in [1.807, 2.05) is 60.7 Å². The second-order valence-electron chi connectivity index (χ2n) is 4.08. The number of Topliss-reactive ketones (excluding diaryl/α,β-unsaturated/α-hetero) is 1. The van der Waals surface area contributed by atoms with Gasteiger partial charge in [-0.2, -0.15) is 0 Å². The van der Waals surface area contributed by atoms with Crippen LogP contribution in [0.25, 0.3) is 0 Å². The van der Waals surface area contributed by atoms with Gasteiger partial charge in [0.15, 0.2) is 9.02 Å². The summed E-state index contributed by atoms with van der Waals surface area (Å²) in [6.45, 7) is 0. The van der Waals surface area contributed by atoms with Crippen molar-refractivity contribution in [3.8, 4) is 0 Å². The van der Waals surface area contributed by atoms with Crippen LogP contribution in [0.3, 0.4) is 0 Å². The quantitative estimate of drug-likeness (QED) is 0.580. The van der Waals surface area contributed by atoms with Gasteiger partial charge in [0.25, 0.3) is 0 Å². The zero-order valence-corrected chi connectivity index (χ0v) is 14.7. The fraction of sp³-hybridized carbons (Fsp3) is 0.133. The van der Waals surface area contributed by atoms with Crippen LogP contribution in [0.4, 0.5) is 0 Å².